The molecule has 120 valence electrons. The van der Waals surface area contributed by atoms with Gasteiger partial charge in [0.05, 0.1) is 6.61 Å². The second kappa shape index (κ2) is 7.77. The maximum absolute atomic E-state index is 9.37. The number of likely N-dealkylation sites (N-methyl/N-ethyl adjacent to an activating group) is 1. The molecule has 0 saturated carbocycles. The molecule has 0 aromatic heterocycles. The van der Waals surface area contributed by atoms with Crippen molar-refractivity contribution in [3.8, 4) is 0 Å². The highest BCUT2D eigenvalue weighted by Gasteiger charge is 2.28. The third-order valence-electron chi connectivity index (χ3n) is 5.22. The van der Waals surface area contributed by atoms with Crippen LogP contribution in [0.1, 0.15) is 59.8 Å². The van der Waals surface area contributed by atoms with Gasteiger partial charge in [0.2, 0.25) is 0 Å². The van der Waals surface area contributed by atoms with Crippen LogP contribution in [0, 0.1) is 11.3 Å². The Labute approximate surface area is 126 Å². The minimum absolute atomic E-state index is 0.0980. The average Bonchev–Trinajstić information content (AvgIpc) is 2.43. The van der Waals surface area contributed by atoms with Crippen molar-refractivity contribution in [2.24, 2.45) is 11.3 Å². The Bertz CT molecular complexity index is 261. The van der Waals surface area contributed by atoms with Crippen LogP contribution in [0.4, 0.5) is 0 Å². The molecule has 0 bridgehead atoms. The Morgan fingerprint density at radius 2 is 1.70 bits per heavy atom. The first kappa shape index (κ1) is 17.9. The van der Waals surface area contributed by atoms with Crippen molar-refractivity contribution < 1.29 is 5.11 Å². The van der Waals surface area contributed by atoms with E-state index in [1.807, 2.05) is 7.05 Å². The van der Waals surface area contributed by atoms with Crippen LogP contribution in [0.15, 0.2) is 0 Å². The van der Waals surface area contributed by atoms with Gasteiger partial charge >= 0.3 is 0 Å². The van der Waals surface area contributed by atoms with Crippen molar-refractivity contribution in [2.75, 3.05) is 33.3 Å². The maximum Gasteiger partial charge on any atom is 0.0610 e. The van der Waals surface area contributed by atoms with Gasteiger partial charge in [0, 0.05) is 5.54 Å². The molecule has 1 fully saturated rings. The number of nitrogens with zero attached hydrogens (tertiary/aromatic N) is 1. The molecule has 1 rings (SSSR count). The number of likely N-dealkylation sites (tertiary alicyclic amines) is 1. The van der Waals surface area contributed by atoms with E-state index in [9.17, 15) is 5.11 Å². The lowest BCUT2D eigenvalue weighted by Gasteiger charge is -2.39. The molecule has 0 spiro atoms. The van der Waals surface area contributed by atoms with Crippen molar-refractivity contribution in [2.45, 2.75) is 65.3 Å². The summed E-state index contributed by atoms with van der Waals surface area (Å²) in [5.74, 6) is 0.890. The lowest BCUT2D eigenvalue weighted by Crippen LogP contribution is -2.43. The van der Waals surface area contributed by atoms with Gasteiger partial charge < -0.3 is 15.3 Å². The van der Waals surface area contributed by atoms with Gasteiger partial charge in [0.25, 0.3) is 0 Å². The molecule has 1 heterocycles. The number of unbranched alkanes of at least 4 members (excludes halogenated alkanes) is 1. The fraction of sp³-hybridized carbons (Fsp3) is 1.00. The maximum atomic E-state index is 9.37. The first-order chi connectivity index (χ1) is 9.30. The van der Waals surface area contributed by atoms with E-state index < -0.39 is 0 Å². The first-order valence-electron chi connectivity index (χ1n) is 8.33. The molecule has 3 nitrogen and oxygen atoms in total. The monoisotopic (exact) mass is 284 g/mol. The highest BCUT2D eigenvalue weighted by molar-refractivity contribution is 4.82. The molecule has 1 aliphatic rings. The molecule has 1 saturated heterocycles. The molecular weight excluding hydrogens is 248 g/mol. The van der Waals surface area contributed by atoms with E-state index in [0.717, 1.165) is 12.3 Å². The predicted octanol–water partition coefficient (Wildman–Crippen LogP) is 2.89. The summed E-state index contributed by atoms with van der Waals surface area (Å²) in [5.41, 5.74) is 0.376. The molecule has 0 amide bonds. The smallest absolute Gasteiger partial charge is 0.0610 e. The number of piperidine rings is 1. The van der Waals surface area contributed by atoms with Crippen molar-refractivity contribution >= 4 is 0 Å². The number of rotatable bonds is 7. The van der Waals surface area contributed by atoms with Crippen LogP contribution < -0.4 is 5.32 Å². The van der Waals surface area contributed by atoms with Crippen molar-refractivity contribution in [1.29, 1.82) is 0 Å². The number of hydrogen-bond acceptors (Lipinski definition) is 3. The average molecular weight is 284 g/mol. The third kappa shape index (κ3) is 5.71. The van der Waals surface area contributed by atoms with Crippen molar-refractivity contribution in [1.82, 2.24) is 10.2 Å². The van der Waals surface area contributed by atoms with E-state index in [1.165, 1.54) is 45.3 Å². The fourth-order valence-electron chi connectivity index (χ4n) is 3.16. The third-order valence-corrected chi connectivity index (χ3v) is 5.22. The quantitative estimate of drug-likeness (QED) is 0.706. The van der Waals surface area contributed by atoms with Crippen molar-refractivity contribution in [3.63, 3.8) is 0 Å². The van der Waals surface area contributed by atoms with Crippen LogP contribution in [-0.2, 0) is 0 Å². The SMILES string of the molecule is CNC(C)(CO)CCCCN1CCC(C(C)(C)C)CC1. The Kier molecular flexibility index (Phi) is 6.96. The minimum Gasteiger partial charge on any atom is -0.394 e. The Balaban J connectivity index is 2.16. The van der Waals surface area contributed by atoms with E-state index in [0.29, 0.717) is 5.41 Å². The van der Waals surface area contributed by atoms with Crippen LogP contribution >= 0.6 is 0 Å². The summed E-state index contributed by atoms with van der Waals surface area (Å²) in [6.07, 6.45) is 6.20. The standard InChI is InChI=1S/C17H36N2O/c1-16(2,3)15-8-12-19(13-9-15)11-7-6-10-17(4,14-20)18-5/h15,18,20H,6-14H2,1-5H3. The molecule has 2 N–H and O–H groups in total. The zero-order valence-corrected chi connectivity index (χ0v) is 14.3. The molecule has 3 heteroatoms. The van der Waals surface area contributed by atoms with Gasteiger partial charge in [-0.15, -0.1) is 0 Å². The Morgan fingerprint density at radius 1 is 1.10 bits per heavy atom. The topological polar surface area (TPSA) is 35.5 Å². The molecular formula is C17H36N2O. The lowest BCUT2D eigenvalue weighted by molar-refractivity contribution is 0.109. The van der Waals surface area contributed by atoms with E-state index >= 15 is 0 Å². The number of hydrogen-bond donors (Lipinski definition) is 2. The number of nitrogens with one attached hydrogen (secondary N) is 1. The Morgan fingerprint density at radius 3 is 2.15 bits per heavy atom. The molecule has 1 aliphatic heterocycles. The summed E-state index contributed by atoms with van der Waals surface area (Å²) < 4.78 is 0. The second-order valence-electron chi connectivity index (χ2n) is 7.91. The summed E-state index contributed by atoms with van der Waals surface area (Å²) in [6, 6.07) is 0. The van der Waals surface area contributed by atoms with E-state index in [2.05, 4.69) is 37.9 Å². The Hall–Kier alpha value is -0.120. The number of aliphatic hydroxyl groups is 1. The largest absolute Gasteiger partial charge is 0.394 e. The normalized spacial score (nSPS) is 21.9. The van der Waals surface area contributed by atoms with E-state index in [1.54, 1.807) is 0 Å². The van der Waals surface area contributed by atoms with Gasteiger partial charge in [-0.25, -0.2) is 0 Å². The highest BCUT2D eigenvalue weighted by atomic mass is 16.3. The zero-order chi connectivity index (χ0) is 15.2. The van der Waals surface area contributed by atoms with Gasteiger partial charge in [-0.3, -0.25) is 0 Å². The second-order valence-corrected chi connectivity index (χ2v) is 7.91. The van der Waals surface area contributed by atoms with Gasteiger partial charge in [-0.2, -0.15) is 0 Å². The zero-order valence-electron chi connectivity index (χ0n) is 14.3. The molecule has 0 aromatic rings. The molecule has 20 heavy (non-hydrogen) atoms. The fourth-order valence-corrected chi connectivity index (χ4v) is 3.16. The van der Waals surface area contributed by atoms with Gasteiger partial charge in [-0.05, 0) is 70.6 Å². The minimum atomic E-state index is -0.0980. The van der Waals surface area contributed by atoms with Crippen LogP contribution in [0.3, 0.4) is 0 Å². The van der Waals surface area contributed by atoms with Crippen LogP contribution in [0.5, 0.6) is 0 Å². The summed E-state index contributed by atoms with van der Waals surface area (Å²) >= 11 is 0. The highest BCUT2D eigenvalue weighted by Crippen LogP contribution is 2.34. The molecule has 1 atom stereocenters. The first-order valence-corrected chi connectivity index (χ1v) is 8.33. The van der Waals surface area contributed by atoms with Gasteiger partial charge in [0.15, 0.2) is 0 Å². The molecule has 0 radical (unpaired) electrons. The summed E-state index contributed by atoms with van der Waals surface area (Å²) in [6.45, 7) is 13.2. The lowest BCUT2D eigenvalue weighted by atomic mass is 9.75. The molecule has 1 unspecified atom stereocenters. The van der Waals surface area contributed by atoms with Crippen LogP contribution in [0.25, 0.3) is 0 Å². The van der Waals surface area contributed by atoms with Crippen LogP contribution in [0.2, 0.25) is 0 Å². The molecule has 0 aromatic carbocycles. The van der Waals surface area contributed by atoms with E-state index in [4.69, 9.17) is 0 Å². The predicted molar refractivity (Wildman–Crippen MR) is 87.0 cm³/mol. The summed E-state index contributed by atoms with van der Waals surface area (Å²) in [4.78, 5) is 2.62. The summed E-state index contributed by atoms with van der Waals surface area (Å²) in [7, 11) is 1.94. The van der Waals surface area contributed by atoms with Crippen LogP contribution in [-0.4, -0.2) is 48.8 Å². The van der Waals surface area contributed by atoms with Crippen molar-refractivity contribution in [3.05, 3.63) is 0 Å². The summed E-state index contributed by atoms with van der Waals surface area (Å²) in [5, 5.41) is 12.6. The van der Waals surface area contributed by atoms with Gasteiger partial charge in [0.1, 0.15) is 0 Å². The van der Waals surface area contributed by atoms with E-state index in [-0.39, 0.29) is 12.1 Å². The van der Waals surface area contributed by atoms with Gasteiger partial charge in [-0.1, -0.05) is 27.2 Å². The number of aliphatic hydroxyl groups excluding tert-OH is 1. The molecule has 0 aliphatic carbocycles.